The molecule has 0 aromatic heterocycles. The predicted octanol–water partition coefficient (Wildman–Crippen LogP) is 3.18. The highest BCUT2D eigenvalue weighted by Gasteiger charge is 2.31. The quantitative estimate of drug-likeness (QED) is 0.216. The summed E-state index contributed by atoms with van der Waals surface area (Å²) in [4.78, 5) is 41.3. The smallest absolute Gasteiger partial charge is 0.328 e. The maximum absolute atomic E-state index is 13.6. The predicted molar refractivity (Wildman–Crippen MR) is 155 cm³/mol. The summed E-state index contributed by atoms with van der Waals surface area (Å²) in [5.41, 5.74) is 2.43. The molecule has 0 aliphatic carbocycles. The summed E-state index contributed by atoms with van der Waals surface area (Å²) in [5.74, 6) is -0.866. The zero-order chi connectivity index (χ0) is 28.9. The van der Waals surface area contributed by atoms with Crippen LogP contribution in [0.1, 0.15) is 30.9 Å². The zero-order valence-corrected chi connectivity index (χ0v) is 24.1. The topological polar surface area (TPSA) is 99.8 Å². The van der Waals surface area contributed by atoms with Gasteiger partial charge in [-0.2, -0.15) is 0 Å². The summed E-state index contributed by atoms with van der Waals surface area (Å²) in [6, 6.07) is 11.0. The van der Waals surface area contributed by atoms with Crippen LogP contribution in [0.3, 0.4) is 0 Å². The number of hydrogen-bond acceptors (Lipinski definition) is 6. The molecule has 0 bridgehead atoms. The first-order chi connectivity index (χ1) is 19.3. The Morgan fingerprint density at radius 2 is 1.57 bits per heavy atom. The maximum atomic E-state index is 13.6. The number of rotatable bonds is 15. The molecule has 218 valence electrons. The van der Waals surface area contributed by atoms with Gasteiger partial charge < -0.3 is 25.6 Å². The standard InChI is InChI=1S/C29H37Cl2FN4O4/c1-2-40-29(39)26(19-20-5-9-22(32)10-6-20)35-28(38)25(34-27(37)24-4-3-15-33-24)18-21-7-11-23(12-8-21)36(16-13-30)17-14-31/h5-12,24-26,33H,2-4,13-19H2,1H3,(H,34,37)(H,35,38)/t24-,25-,26-/m0/s1. The van der Waals surface area contributed by atoms with E-state index in [-0.39, 0.29) is 31.4 Å². The fraction of sp³-hybridized carbons (Fsp3) is 0.483. The molecule has 3 N–H and O–H groups in total. The molecule has 1 aliphatic heterocycles. The molecule has 2 aromatic carbocycles. The van der Waals surface area contributed by atoms with Gasteiger partial charge in [0.1, 0.15) is 17.9 Å². The molecular weight excluding hydrogens is 558 g/mol. The maximum Gasteiger partial charge on any atom is 0.328 e. The van der Waals surface area contributed by atoms with Gasteiger partial charge in [-0.25, -0.2) is 9.18 Å². The van der Waals surface area contributed by atoms with E-state index in [2.05, 4.69) is 20.9 Å². The van der Waals surface area contributed by atoms with E-state index in [1.165, 1.54) is 12.1 Å². The molecule has 1 aliphatic rings. The summed E-state index contributed by atoms with van der Waals surface area (Å²) in [5, 5.41) is 8.78. The van der Waals surface area contributed by atoms with E-state index >= 15 is 0 Å². The number of alkyl halides is 2. The first kappa shape index (κ1) is 31.6. The van der Waals surface area contributed by atoms with Crippen molar-refractivity contribution < 1.29 is 23.5 Å². The molecule has 0 unspecified atom stereocenters. The van der Waals surface area contributed by atoms with Crippen LogP contribution < -0.4 is 20.9 Å². The van der Waals surface area contributed by atoms with Gasteiger partial charge in [0.2, 0.25) is 11.8 Å². The molecule has 1 fully saturated rings. The van der Waals surface area contributed by atoms with Gasteiger partial charge in [-0.15, -0.1) is 23.2 Å². The molecule has 0 spiro atoms. The van der Waals surface area contributed by atoms with Crippen LogP contribution >= 0.6 is 23.2 Å². The molecule has 8 nitrogen and oxygen atoms in total. The van der Waals surface area contributed by atoms with Crippen LogP contribution in [0.5, 0.6) is 0 Å². The number of benzene rings is 2. The third-order valence-electron chi connectivity index (χ3n) is 6.70. The number of carbonyl (C=O) groups is 3. The van der Waals surface area contributed by atoms with Crippen LogP contribution in [-0.4, -0.2) is 73.9 Å². The average molecular weight is 596 g/mol. The second-order valence-electron chi connectivity index (χ2n) is 9.59. The van der Waals surface area contributed by atoms with Crippen LogP contribution in [0.4, 0.5) is 10.1 Å². The van der Waals surface area contributed by atoms with E-state index in [1.54, 1.807) is 19.1 Å². The van der Waals surface area contributed by atoms with Crippen molar-refractivity contribution in [1.29, 1.82) is 0 Å². The van der Waals surface area contributed by atoms with Crippen LogP contribution in [0.25, 0.3) is 0 Å². The normalized spacial score (nSPS) is 16.1. The second kappa shape index (κ2) is 16.4. The Morgan fingerprint density at radius 3 is 2.12 bits per heavy atom. The Kier molecular flexibility index (Phi) is 13.0. The first-order valence-corrected chi connectivity index (χ1v) is 14.6. The van der Waals surface area contributed by atoms with Gasteiger partial charge in [-0.3, -0.25) is 9.59 Å². The summed E-state index contributed by atoms with van der Waals surface area (Å²) in [6.07, 6.45) is 1.88. The van der Waals surface area contributed by atoms with E-state index in [0.29, 0.717) is 36.8 Å². The largest absolute Gasteiger partial charge is 0.464 e. The van der Waals surface area contributed by atoms with E-state index in [4.69, 9.17) is 27.9 Å². The number of halogens is 3. The third-order valence-corrected chi connectivity index (χ3v) is 7.04. The van der Waals surface area contributed by atoms with Crippen molar-refractivity contribution >= 4 is 46.7 Å². The highest BCUT2D eigenvalue weighted by atomic mass is 35.5. The van der Waals surface area contributed by atoms with Gasteiger partial charge >= 0.3 is 5.97 Å². The number of carbonyl (C=O) groups excluding carboxylic acids is 3. The molecule has 1 saturated heterocycles. The zero-order valence-electron chi connectivity index (χ0n) is 22.6. The van der Waals surface area contributed by atoms with E-state index in [0.717, 1.165) is 24.2 Å². The number of hydrogen-bond donors (Lipinski definition) is 3. The lowest BCUT2D eigenvalue weighted by Crippen LogP contribution is -2.55. The summed E-state index contributed by atoms with van der Waals surface area (Å²) in [6.45, 7) is 3.84. The lowest BCUT2D eigenvalue weighted by Gasteiger charge is -2.25. The summed E-state index contributed by atoms with van der Waals surface area (Å²) in [7, 11) is 0. The SMILES string of the molecule is CCOC(=O)[C@H](Cc1ccc(F)cc1)NC(=O)[C@H](Cc1ccc(N(CCCl)CCCl)cc1)NC(=O)[C@@H]1CCCN1. The van der Waals surface area contributed by atoms with Gasteiger partial charge in [-0.05, 0) is 61.7 Å². The molecular formula is C29H37Cl2FN4O4. The number of amides is 2. The fourth-order valence-corrected chi connectivity index (χ4v) is 5.02. The molecule has 3 atom stereocenters. The van der Waals surface area contributed by atoms with Crippen LogP contribution in [-0.2, 0) is 32.0 Å². The Hall–Kier alpha value is -2.88. The minimum absolute atomic E-state index is 0.112. The van der Waals surface area contributed by atoms with Gasteiger partial charge in [0.15, 0.2) is 0 Å². The lowest BCUT2D eigenvalue weighted by molar-refractivity contribution is -0.147. The van der Waals surface area contributed by atoms with E-state index in [1.807, 2.05) is 24.3 Å². The Morgan fingerprint density at radius 1 is 0.975 bits per heavy atom. The minimum atomic E-state index is -1.01. The second-order valence-corrected chi connectivity index (χ2v) is 10.3. The first-order valence-electron chi connectivity index (χ1n) is 13.6. The molecule has 40 heavy (non-hydrogen) atoms. The fourth-order valence-electron chi connectivity index (χ4n) is 4.61. The van der Waals surface area contributed by atoms with E-state index in [9.17, 15) is 18.8 Å². The van der Waals surface area contributed by atoms with Crippen LogP contribution in [0.2, 0.25) is 0 Å². The van der Waals surface area contributed by atoms with Gasteiger partial charge in [0.05, 0.1) is 12.6 Å². The van der Waals surface area contributed by atoms with Crippen molar-refractivity contribution in [3.05, 3.63) is 65.5 Å². The third kappa shape index (κ3) is 9.64. The Labute approximate surface area is 244 Å². The van der Waals surface area contributed by atoms with E-state index < -0.39 is 29.8 Å². The number of anilines is 1. The highest BCUT2D eigenvalue weighted by molar-refractivity contribution is 6.18. The number of esters is 1. The molecule has 1 heterocycles. The van der Waals surface area contributed by atoms with Gasteiger partial charge in [0, 0.05) is 43.4 Å². The van der Waals surface area contributed by atoms with Gasteiger partial charge in [0.25, 0.3) is 0 Å². The molecule has 2 amide bonds. The minimum Gasteiger partial charge on any atom is -0.464 e. The van der Waals surface area contributed by atoms with Crippen molar-refractivity contribution in [1.82, 2.24) is 16.0 Å². The summed E-state index contributed by atoms with van der Waals surface area (Å²) >= 11 is 11.9. The molecule has 0 radical (unpaired) electrons. The van der Waals surface area contributed by atoms with Crippen molar-refractivity contribution in [3.63, 3.8) is 0 Å². The average Bonchev–Trinajstić information content (AvgIpc) is 3.49. The molecule has 3 rings (SSSR count). The summed E-state index contributed by atoms with van der Waals surface area (Å²) < 4.78 is 18.6. The van der Waals surface area contributed by atoms with Crippen LogP contribution in [0.15, 0.2) is 48.5 Å². The monoisotopic (exact) mass is 594 g/mol. The molecule has 11 heteroatoms. The van der Waals surface area contributed by atoms with Gasteiger partial charge in [-0.1, -0.05) is 24.3 Å². The van der Waals surface area contributed by atoms with Crippen LogP contribution in [0, 0.1) is 5.82 Å². The number of nitrogens with zero attached hydrogens (tertiary/aromatic N) is 1. The number of ether oxygens (including phenoxy) is 1. The molecule has 2 aromatic rings. The van der Waals surface area contributed by atoms with Crippen molar-refractivity contribution in [2.75, 3.05) is 42.9 Å². The van der Waals surface area contributed by atoms with Crippen molar-refractivity contribution in [2.45, 2.75) is 50.7 Å². The Bertz CT molecular complexity index is 1090. The number of nitrogens with one attached hydrogen (secondary N) is 3. The lowest BCUT2D eigenvalue weighted by atomic mass is 10.0. The molecule has 0 saturated carbocycles. The Balaban J connectivity index is 1.79. The van der Waals surface area contributed by atoms with Crippen molar-refractivity contribution in [2.24, 2.45) is 0 Å². The van der Waals surface area contributed by atoms with Crippen molar-refractivity contribution in [3.8, 4) is 0 Å². The highest BCUT2D eigenvalue weighted by Crippen LogP contribution is 2.17.